The topological polar surface area (TPSA) is 50.7 Å². The molecule has 0 saturated carbocycles. The highest BCUT2D eigenvalue weighted by Gasteiger charge is 2.12. The molecule has 1 N–H and O–H groups in total. The molecule has 102 valence electrons. The zero-order valence-corrected chi connectivity index (χ0v) is 12.8. The molecule has 2 rings (SSSR count). The van der Waals surface area contributed by atoms with Crippen molar-refractivity contribution in [1.82, 2.24) is 15.0 Å². The molecule has 19 heavy (non-hydrogen) atoms. The molecule has 0 aliphatic carbocycles. The normalized spacial score (nSPS) is 10.7. The van der Waals surface area contributed by atoms with E-state index in [1.807, 2.05) is 19.2 Å². The monoisotopic (exact) mass is 276 g/mol. The van der Waals surface area contributed by atoms with Gasteiger partial charge in [-0.3, -0.25) is 0 Å². The Balaban J connectivity index is 2.43. The maximum Gasteiger partial charge on any atom is 0.181 e. The number of nitrogens with one attached hydrogen (secondary N) is 1. The van der Waals surface area contributed by atoms with Crippen molar-refractivity contribution in [3.05, 3.63) is 21.6 Å². The van der Waals surface area contributed by atoms with Gasteiger partial charge in [0.15, 0.2) is 5.82 Å². The van der Waals surface area contributed by atoms with Crippen LogP contribution in [0.1, 0.15) is 36.5 Å². The predicted octanol–water partition coefficient (Wildman–Crippen LogP) is 3.60. The second-order valence-electron chi connectivity index (χ2n) is 4.49. The summed E-state index contributed by atoms with van der Waals surface area (Å²) in [6, 6.07) is 0. The Hall–Kier alpha value is -1.49. The third kappa shape index (κ3) is 3.10. The average Bonchev–Trinajstić information content (AvgIpc) is 2.82. The van der Waals surface area contributed by atoms with E-state index in [4.69, 9.17) is 0 Å². The standard InChI is InChI=1S/C14H20N4S/c1-5-7-15-13-11(6-2)9(3)16-14(18-13)12-8-19-10(4)17-12/h8H,5-7H2,1-4H3,(H,15,16,18). The van der Waals surface area contributed by atoms with Crippen LogP contribution in [0, 0.1) is 13.8 Å². The molecular weight excluding hydrogens is 256 g/mol. The summed E-state index contributed by atoms with van der Waals surface area (Å²) in [4.78, 5) is 13.7. The Bertz CT molecular complexity index is 563. The fourth-order valence-electron chi connectivity index (χ4n) is 1.99. The van der Waals surface area contributed by atoms with E-state index < -0.39 is 0 Å². The minimum Gasteiger partial charge on any atom is -0.370 e. The van der Waals surface area contributed by atoms with E-state index >= 15 is 0 Å². The molecular formula is C14H20N4S. The number of thiazole rings is 1. The lowest BCUT2D eigenvalue weighted by Gasteiger charge is -2.12. The minimum absolute atomic E-state index is 0.720. The van der Waals surface area contributed by atoms with Gasteiger partial charge in [-0.1, -0.05) is 13.8 Å². The summed E-state index contributed by atoms with van der Waals surface area (Å²) in [7, 11) is 0. The van der Waals surface area contributed by atoms with Gasteiger partial charge in [-0.25, -0.2) is 15.0 Å². The first-order valence-corrected chi connectivity index (χ1v) is 7.57. The first kappa shape index (κ1) is 13.9. The van der Waals surface area contributed by atoms with Gasteiger partial charge in [0.2, 0.25) is 0 Å². The van der Waals surface area contributed by atoms with Crippen LogP contribution in [-0.2, 0) is 6.42 Å². The Labute approximate surface area is 118 Å². The molecule has 0 aromatic carbocycles. The zero-order valence-electron chi connectivity index (χ0n) is 11.9. The van der Waals surface area contributed by atoms with E-state index in [1.165, 1.54) is 5.56 Å². The van der Waals surface area contributed by atoms with Crippen LogP contribution < -0.4 is 5.32 Å². The van der Waals surface area contributed by atoms with E-state index in [9.17, 15) is 0 Å². The summed E-state index contributed by atoms with van der Waals surface area (Å²) in [5.74, 6) is 1.68. The van der Waals surface area contributed by atoms with Gasteiger partial charge in [0.25, 0.3) is 0 Å². The van der Waals surface area contributed by atoms with Gasteiger partial charge >= 0.3 is 0 Å². The van der Waals surface area contributed by atoms with Crippen LogP contribution in [0.25, 0.3) is 11.5 Å². The van der Waals surface area contributed by atoms with Gasteiger partial charge in [-0.2, -0.15) is 0 Å². The molecule has 2 aromatic rings. The Morgan fingerprint density at radius 1 is 1.16 bits per heavy atom. The van der Waals surface area contributed by atoms with E-state index in [0.29, 0.717) is 0 Å². The number of aryl methyl sites for hydroxylation is 2. The summed E-state index contributed by atoms with van der Waals surface area (Å²) in [6.07, 6.45) is 2.02. The second-order valence-corrected chi connectivity index (χ2v) is 5.55. The van der Waals surface area contributed by atoms with Crippen LogP contribution in [0.15, 0.2) is 5.38 Å². The number of hydrogen-bond acceptors (Lipinski definition) is 5. The van der Waals surface area contributed by atoms with Gasteiger partial charge in [0.1, 0.15) is 11.5 Å². The molecule has 2 heterocycles. The molecule has 0 unspecified atom stereocenters. The average molecular weight is 276 g/mol. The van der Waals surface area contributed by atoms with Crippen molar-refractivity contribution in [2.45, 2.75) is 40.5 Å². The van der Waals surface area contributed by atoms with Crippen molar-refractivity contribution < 1.29 is 0 Å². The van der Waals surface area contributed by atoms with E-state index in [-0.39, 0.29) is 0 Å². The number of anilines is 1. The largest absolute Gasteiger partial charge is 0.370 e. The highest BCUT2D eigenvalue weighted by Crippen LogP contribution is 2.23. The third-order valence-corrected chi connectivity index (χ3v) is 3.73. The first-order chi connectivity index (χ1) is 9.15. The van der Waals surface area contributed by atoms with Gasteiger partial charge in [-0.15, -0.1) is 11.3 Å². The van der Waals surface area contributed by atoms with E-state index in [0.717, 1.165) is 47.4 Å². The summed E-state index contributed by atoms with van der Waals surface area (Å²) >= 11 is 1.63. The fourth-order valence-corrected chi connectivity index (χ4v) is 2.58. The van der Waals surface area contributed by atoms with E-state index in [1.54, 1.807) is 11.3 Å². The van der Waals surface area contributed by atoms with Crippen LogP contribution in [0.3, 0.4) is 0 Å². The maximum absolute atomic E-state index is 4.65. The van der Waals surface area contributed by atoms with Crippen molar-refractivity contribution in [2.24, 2.45) is 0 Å². The van der Waals surface area contributed by atoms with Crippen LogP contribution in [0.5, 0.6) is 0 Å². The molecule has 0 atom stereocenters. The predicted molar refractivity (Wildman–Crippen MR) is 80.8 cm³/mol. The number of rotatable bonds is 5. The molecule has 4 nitrogen and oxygen atoms in total. The SMILES string of the molecule is CCCNc1nc(-c2csc(C)n2)nc(C)c1CC. The lowest BCUT2D eigenvalue weighted by molar-refractivity contribution is 0.936. The van der Waals surface area contributed by atoms with Crippen molar-refractivity contribution in [1.29, 1.82) is 0 Å². The fraction of sp³-hybridized carbons (Fsp3) is 0.500. The quantitative estimate of drug-likeness (QED) is 0.906. The van der Waals surface area contributed by atoms with E-state index in [2.05, 4.69) is 34.1 Å². The zero-order chi connectivity index (χ0) is 13.8. The first-order valence-electron chi connectivity index (χ1n) is 6.69. The Morgan fingerprint density at radius 3 is 2.53 bits per heavy atom. The molecule has 0 bridgehead atoms. The van der Waals surface area contributed by atoms with Gasteiger partial charge in [0, 0.05) is 23.2 Å². The van der Waals surface area contributed by atoms with Gasteiger partial charge in [0.05, 0.1) is 5.01 Å². The van der Waals surface area contributed by atoms with Crippen LogP contribution in [-0.4, -0.2) is 21.5 Å². The summed E-state index contributed by atoms with van der Waals surface area (Å²) in [6.45, 7) is 9.25. The lowest BCUT2D eigenvalue weighted by Crippen LogP contribution is -2.09. The van der Waals surface area contributed by atoms with Crippen molar-refractivity contribution in [3.8, 4) is 11.5 Å². The molecule has 0 fully saturated rings. The summed E-state index contributed by atoms with van der Waals surface area (Å²) < 4.78 is 0. The van der Waals surface area contributed by atoms with Crippen molar-refractivity contribution in [2.75, 3.05) is 11.9 Å². The minimum atomic E-state index is 0.720. The van der Waals surface area contributed by atoms with Crippen LogP contribution in [0.4, 0.5) is 5.82 Å². The number of nitrogens with zero attached hydrogens (tertiary/aromatic N) is 3. The Morgan fingerprint density at radius 2 is 1.95 bits per heavy atom. The summed E-state index contributed by atoms with van der Waals surface area (Å²) in [5.41, 5.74) is 3.11. The van der Waals surface area contributed by atoms with Crippen LogP contribution >= 0.6 is 11.3 Å². The second kappa shape index (κ2) is 6.10. The van der Waals surface area contributed by atoms with Gasteiger partial charge in [-0.05, 0) is 26.7 Å². The number of hydrogen-bond donors (Lipinski definition) is 1. The molecule has 0 spiro atoms. The number of aromatic nitrogens is 3. The smallest absolute Gasteiger partial charge is 0.181 e. The third-order valence-electron chi connectivity index (χ3n) is 2.96. The van der Waals surface area contributed by atoms with Crippen molar-refractivity contribution in [3.63, 3.8) is 0 Å². The molecule has 0 aliphatic rings. The van der Waals surface area contributed by atoms with Crippen LogP contribution in [0.2, 0.25) is 0 Å². The van der Waals surface area contributed by atoms with Crippen molar-refractivity contribution >= 4 is 17.2 Å². The highest BCUT2D eigenvalue weighted by atomic mass is 32.1. The summed E-state index contributed by atoms with van der Waals surface area (Å²) in [5, 5.41) is 6.45. The Kier molecular flexibility index (Phi) is 4.47. The molecule has 0 aliphatic heterocycles. The molecule has 0 radical (unpaired) electrons. The highest BCUT2D eigenvalue weighted by molar-refractivity contribution is 7.09. The molecule has 0 amide bonds. The molecule has 0 saturated heterocycles. The molecule has 2 aromatic heterocycles. The lowest BCUT2D eigenvalue weighted by atomic mass is 10.1. The molecule has 5 heteroatoms. The van der Waals surface area contributed by atoms with Gasteiger partial charge < -0.3 is 5.32 Å². The maximum atomic E-state index is 4.65.